The molecule has 5 heterocycles. The molecule has 1 aliphatic rings. The molecule has 1 fully saturated rings. The maximum absolute atomic E-state index is 13.4. The standard InChI is InChI=1S/C25H21FN6OS3.3ClH/c26-16-1-3-17(4-2-16)33-20-13-18(35-21-7-11-28-19-8-12-34-22(19)21)14-29-24(20)31-25-30-23(32-36-25)15-5-9-27-10-6-15;;;/h1-4,7-8,11-15,27H,5-6,9-10H2,(H,29,30,31,32);3*1H. The zero-order chi connectivity index (χ0) is 24.3. The molecule has 1 saturated heterocycles. The van der Waals surface area contributed by atoms with Crippen LogP contribution in [-0.4, -0.2) is 32.4 Å². The summed E-state index contributed by atoms with van der Waals surface area (Å²) in [5.41, 5.74) is 0.972. The van der Waals surface area contributed by atoms with E-state index >= 15 is 0 Å². The molecule has 0 unspecified atom stereocenters. The van der Waals surface area contributed by atoms with Crippen LogP contribution < -0.4 is 15.4 Å². The van der Waals surface area contributed by atoms with Gasteiger partial charge < -0.3 is 15.4 Å². The van der Waals surface area contributed by atoms with Crippen molar-refractivity contribution in [1.29, 1.82) is 0 Å². The highest BCUT2D eigenvalue weighted by atomic mass is 35.5. The Labute approximate surface area is 255 Å². The van der Waals surface area contributed by atoms with Crippen LogP contribution in [0.3, 0.4) is 0 Å². The van der Waals surface area contributed by atoms with Crippen LogP contribution in [0.15, 0.2) is 70.0 Å². The number of anilines is 2. The SMILES string of the molecule is Cl.Cl.Cl.Fc1ccc(Oc2cc(Sc3ccnc4ccsc34)cnc2Nc2nc(C3CCNCC3)ns2)cc1. The molecule has 14 heteroatoms. The molecule has 0 saturated carbocycles. The van der Waals surface area contributed by atoms with E-state index in [9.17, 15) is 4.39 Å². The van der Waals surface area contributed by atoms with Crippen molar-refractivity contribution >= 4 is 93.0 Å². The third kappa shape index (κ3) is 7.49. The zero-order valence-electron chi connectivity index (χ0n) is 20.2. The van der Waals surface area contributed by atoms with Gasteiger partial charge in [0, 0.05) is 45.7 Å². The van der Waals surface area contributed by atoms with Crippen LogP contribution in [0.5, 0.6) is 11.5 Å². The Kier molecular flexibility index (Phi) is 11.6. The van der Waals surface area contributed by atoms with Crippen LogP contribution in [0.4, 0.5) is 15.3 Å². The summed E-state index contributed by atoms with van der Waals surface area (Å²) in [4.78, 5) is 15.8. The maximum atomic E-state index is 13.4. The van der Waals surface area contributed by atoms with E-state index in [1.54, 1.807) is 41.4 Å². The van der Waals surface area contributed by atoms with Crippen LogP contribution in [0.2, 0.25) is 0 Å². The number of thiophene rings is 1. The number of halogens is 4. The normalized spacial score (nSPS) is 13.2. The van der Waals surface area contributed by atoms with Crippen molar-refractivity contribution in [3.8, 4) is 11.5 Å². The highest BCUT2D eigenvalue weighted by Crippen LogP contribution is 2.39. The monoisotopic (exact) mass is 644 g/mol. The van der Waals surface area contributed by atoms with Crippen LogP contribution in [-0.2, 0) is 0 Å². The molecule has 0 amide bonds. The largest absolute Gasteiger partial charge is 0.453 e. The molecule has 6 rings (SSSR count). The molecule has 0 bridgehead atoms. The number of nitrogens with zero attached hydrogens (tertiary/aromatic N) is 4. The second kappa shape index (κ2) is 14.4. The minimum atomic E-state index is -0.319. The first kappa shape index (κ1) is 31.3. The summed E-state index contributed by atoms with van der Waals surface area (Å²) < 4.78 is 25.3. The fourth-order valence-electron chi connectivity index (χ4n) is 3.97. The number of hydrogen-bond acceptors (Lipinski definition) is 10. The van der Waals surface area contributed by atoms with E-state index in [0.717, 1.165) is 51.8 Å². The van der Waals surface area contributed by atoms with Crippen molar-refractivity contribution < 1.29 is 9.13 Å². The molecule has 2 N–H and O–H groups in total. The van der Waals surface area contributed by atoms with Crippen molar-refractivity contribution in [3.63, 3.8) is 0 Å². The Morgan fingerprint density at radius 3 is 2.62 bits per heavy atom. The van der Waals surface area contributed by atoms with Gasteiger partial charge in [0.1, 0.15) is 17.4 Å². The summed E-state index contributed by atoms with van der Waals surface area (Å²) in [6.07, 6.45) is 5.68. The van der Waals surface area contributed by atoms with Gasteiger partial charge in [0.25, 0.3) is 0 Å². The van der Waals surface area contributed by atoms with Crippen LogP contribution in [0.25, 0.3) is 10.2 Å². The van der Waals surface area contributed by atoms with E-state index in [0.29, 0.717) is 28.4 Å². The quantitative estimate of drug-likeness (QED) is 0.184. The number of piperidine rings is 1. The molecule has 4 aromatic heterocycles. The number of pyridine rings is 2. The van der Waals surface area contributed by atoms with E-state index in [2.05, 4.69) is 25.0 Å². The Morgan fingerprint density at radius 2 is 1.82 bits per heavy atom. The Balaban J connectivity index is 0.00000140. The van der Waals surface area contributed by atoms with Gasteiger partial charge in [-0.25, -0.2) is 14.4 Å². The van der Waals surface area contributed by atoms with Crippen LogP contribution in [0.1, 0.15) is 24.6 Å². The Bertz CT molecular complexity index is 1500. The minimum absolute atomic E-state index is 0. The van der Waals surface area contributed by atoms with Gasteiger partial charge in [0.2, 0.25) is 5.13 Å². The number of hydrogen-bond donors (Lipinski definition) is 2. The summed E-state index contributed by atoms with van der Waals surface area (Å²) in [7, 11) is 0. The number of ether oxygens (including phenoxy) is 1. The van der Waals surface area contributed by atoms with Crippen LogP contribution in [0, 0.1) is 5.82 Å². The van der Waals surface area contributed by atoms with Crippen LogP contribution >= 0.6 is 71.9 Å². The van der Waals surface area contributed by atoms with Gasteiger partial charge in [-0.2, -0.15) is 4.37 Å². The van der Waals surface area contributed by atoms with E-state index in [-0.39, 0.29) is 43.0 Å². The van der Waals surface area contributed by atoms with E-state index < -0.39 is 0 Å². The fraction of sp³-hybridized carbons (Fsp3) is 0.200. The third-order valence-electron chi connectivity index (χ3n) is 5.78. The number of rotatable bonds is 7. The lowest BCUT2D eigenvalue weighted by molar-refractivity contribution is 0.448. The maximum Gasteiger partial charge on any atom is 0.208 e. The molecule has 0 radical (unpaired) electrons. The molecule has 0 atom stereocenters. The number of aromatic nitrogens is 4. The summed E-state index contributed by atoms with van der Waals surface area (Å²) >= 11 is 4.57. The number of benzene rings is 1. The molecular formula is C25H24Cl3FN6OS3. The molecule has 1 aliphatic heterocycles. The lowest BCUT2D eigenvalue weighted by Gasteiger charge is -2.19. The minimum Gasteiger partial charge on any atom is -0.453 e. The second-order valence-electron chi connectivity index (χ2n) is 8.23. The molecule has 1 aromatic carbocycles. The molecule has 206 valence electrons. The smallest absolute Gasteiger partial charge is 0.208 e. The number of fused-ring (bicyclic) bond motifs is 1. The molecule has 7 nitrogen and oxygen atoms in total. The summed E-state index contributed by atoms with van der Waals surface area (Å²) in [6, 6.07) is 11.9. The zero-order valence-corrected chi connectivity index (χ0v) is 25.1. The molecule has 0 spiro atoms. The predicted octanol–water partition coefficient (Wildman–Crippen LogP) is 8.10. The van der Waals surface area contributed by atoms with E-state index in [4.69, 9.17) is 9.72 Å². The first-order valence-corrected chi connectivity index (χ1v) is 13.9. The van der Waals surface area contributed by atoms with Crippen molar-refractivity contribution in [2.24, 2.45) is 0 Å². The average Bonchev–Trinajstić information content (AvgIpc) is 3.58. The average molecular weight is 646 g/mol. The van der Waals surface area contributed by atoms with Gasteiger partial charge in [-0.05, 0) is 67.7 Å². The van der Waals surface area contributed by atoms with E-state index in [1.165, 1.54) is 23.7 Å². The Morgan fingerprint density at radius 1 is 1.03 bits per heavy atom. The van der Waals surface area contributed by atoms with Crippen molar-refractivity contribution in [1.82, 2.24) is 24.6 Å². The molecule has 0 aliphatic carbocycles. The van der Waals surface area contributed by atoms with Gasteiger partial charge >= 0.3 is 0 Å². The van der Waals surface area contributed by atoms with Crippen molar-refractivity contribution in [2.45, 2.75) is 28.6 Å². The number of nitrogens with one attached hydrogen (secondary N) is 2. The molecule has 5 aromatic rings. The topological polar surface area (TPSA) is 84.9 Å². The molecule has 39 heavy (non-hydrogen) atoms. The predicted molar refractivity (Wildman–Crippen MR) is 164 cm³/mol. The fourth-order valence-corrected chi connectivity index (χ4v) is 6.50. The van der Waals surface area contributed by atoms with Crippen molar-refractivity contribution in [2.75, 3.05) is 18.4 Å². The lowest BCUT2D eigenvalue weighted by atomic mass is 9.98. The van der Waals surface area contributed by atoms with Gasteiger partial charge in [-0.1, -0.05) is 11.8 Å². The van der Waals surface area contributed by atoms with Gasteiger partial charge in [-0.15, -0.1) is 48.6 Å². The highest BCUT2D eigenvalue weighted by Gasteiger charge is 2.20. The van der Waals surface area contributed by atoms with Crippen molar-refractivity contribution in [3.05, 3.63) is 71.9 Å². The summed E-state index contributed by atoms with van der Waals surface area (Å²) in [5.74, 6) is 2.47. The summed E-state index contributed by atoms with van der Waals surface area (Å²) in [6.45, 7) is 1.97. The van der Waals surface area contributed by atoms with E-state index in [1.807, 2.05) is 29.8 Å². The Hall–Kier alpha value is -2.25. The van der Waals surface area contributed by atoms with Gasteiger partial charge in [0.15, 0.2) is 11.6 Å². The summed E-state index contributed by atoms with van der Waals surface area (Å²) in [5, 5.41) is 9.36. The first-order valence-electron chi connectivity index (χ1n) is 11.5. The van der Waals surface area contributed by atoms with Gasteiger partial charge in [-0.3, -0.25) is 4.98 Å². The van der Waals surface area contributed by atoms with Gasteiger partial charge in [0.05, 0.1) is 10.2 Å². The first-order chi connectivity index (χ1) is 17.7. The third-order valence-corrected chi connectivity index (χ3v) is 8.51. The lowest BCUT2D eigenvalue weighted by Crippen LogP contribution is -2.27. The molecular weight excluding hydrogens is 622 g/mol. The highest BCUT2D eigenvalue weighted by molar-refractivity contribution is 7.99. The second-order valence-corrected chi connectivity index (χ2v) is 11.0.